The number of carbonyl (C=O) groups is 2. The van der Waals surface area contributed by atoms with Gasteiger partial charge in [-0.3, -0.25) is 14.5 Å². The lowest BCUT2D eigenvalue weighted by Crippen LogP contribution is -2.47. The van der Waals surface area contributed by atoms with Gasteiger partial charge in [-0.25, -0.2) is 4.68 Å². The summed E-state index contributed by atoms with van der Waals surface area (Å²) in [5, 5.41) is 11.7. The number of aryl methyl sites for hydroxylation is 1. The number of amides is 2. The maximum Gasteiger partial charge on any atom is 0.249 e. The molecule has 2 amide bonds. The van der Waals surface area contributed by atoms with Crippen LogP contribution in [-0.4, -0.2) is 47.1 Å². The molecule has 1 saturated carbocycles. The predicted molar refractivity (Wildman–Crippen MR) is 154 cm³/mol. The fraction of sp³-hybridized carbons (Fsp3) is 0.355. The molecule has 4 aromatic rings. The fourth-order valence-electron chi connectivity index (χ4n) is 5.58. The van der Waals surface area contributed by atoms with Crippen LogP contribution < -0.4 is 19.7 Å². The number of nitrogens with zero attached hydrogens (tertiary/aromatic N) is 4. The summed E-state index contributed by atoms with van der Waals surface area (Å²) in [5.41, 5.74) is 3.59. The van der Waals surface area contributed by atoms with Crippen molar-refractivity contribution < 1.29 is 19.1 Å². The Balaban J connectivity index is 1.66. The first-order valence-electron chi connectivity index (χ1n) is 13.7. The molecule has 1 N–H and O–H groups in total. The maximum absolute atomic E-state index is 14.4. The SMILES string of the molecule is CCc1ccccc1N(C(=O)Cn1nnc2ccccc21)[C@H](C(=O)NC1CCCC1)c1cccc(OC)c1OC. The summed E-state index contributed by atoms with van der Waals surface area (Å²) in [4.78, 5) is 30.3. The summed E-state index contributed by atoms with van der Waals surface area (Å²) in [6, 6.07) is 19.6. The highest BCUT2D eigenvalue weighted by Crippen LogP contribution is 2.40. The van der Waals surface area contributed by atoms with Crippen molar-refractivity contribution in [3.05, 3.63) is 77.9 Å². The lowest BCUT2D eigenvalue weighted by Gasteiger charge is -2.34. The number of anilines is 1. The van der Waals surface area contributed by atoms with E-state index in [1.165, 1.54) is 0 Å². The third kappa shape index (κ3) is 5.36. The topological polar surface area (TPSA) is 98.6 Å². The van der Waals surface area contributed by atoms with Crippen molar-refractivity contribution in [1.29, 1.82) is 0 Å². The molecule has 1 aliphatic rings. The maximum atomic E-state index is 14.4. The predicted octanol–water partition coefficient (Wildman–Crippen LogP) is 4.84. The lowest BCUT2D eigenvalue weighted by molar-refractivity contribution is -0.127. The summed E-state index contributed by atoms with van der Waals surface area (Å²) in [6.07, 6.45) is 4.65. The molecule has 1 aliphatic carbocycles. The van der Waals surface area contributed by atoms with E-state index >= 15 is 0 Å². The number of nitrogens with one attached hydrogen (secondary N) is 1. The third-order valence-corrected chi connectivity index (χ3v) is 7.54. The molecule has 208 valence electrons. The Labute approximate surface area is 234 Å². The van der Waals surface area contributed by atoms with E-state index in [4.69, 9.17) is 9.47 Å². The second kappa shape index (κ2) is 12.2. The van der Waals surface area contributed by atoms with Crippen molar-refractivity contribution in [2.75, 3.05) is 19.1 Å². The standard InChI is InChI=1S/C31H35N5O4/c1-4-21-12-5-9-17-25(21)36(28(37)20-35-26-18-10-8-16-24(26)33-34-35)29(31(38)32-22-13-6-7-14-22)23-15-11-19-27(39-2)30(23)40-3/h5,8-12,15-19,22,29H,4,6-7,13-14,20H2,1-3H3,(H,32,38)/t29-/m0/s1. The van der Waals surface area contributed by atoms with E-state index in [1.54, 1.807) is 29.9 Å². The van der Waals surface area contributed by atoms with Gasteiger partial charge < -0.3 is 14.8 Å². The van der Waals surface area contributed by atoms with Crippen LogP contribution in [0.25, 0.3) is 11.0 Å². The van der Waals surface area contributed by atoms with Crippen LogP contribution in [0.1, 0.15) is 49.8 Å². The van der Waals surface area contributed by atoms with Gasteiger partial charge in [0.05, 0.1) is 19.7 Å². The van der Waals surface area contributed by atoms with Gasteiger partial charge in [0.2, 0.25) is 11.8 Å². The van der Waals surface area contributed by atoms with Gasteiger partial charge >= 0.3 is 0 Å². The largest absolute Gasteiger partial charge is 0.493 e. The van der Waals surface area contributed by atoms with Crippen molar-refractivity contribution in [2.45, 2.75) is 57.7 Å². The molecule has 0 spiro atoms. The quantitative estimate of drug-likeness (QED) is 0.308. The Morgan fingerprint density at radius 2 is 1.75 bits per heavy atom. The molecule has 3 aromatic carbocycles. The van der Waals surface area contributed by atoms with E-state index in [-0.39, 0.29) is 24.4 Å². The molecule has 5 rings (SSSR count). The van der Waals surface area contributed by atoms with E-state index in [2.05, 4.69) is 15.6 Å². The van der Waals surface area contributed by atoms with Gasteiger partial charge in [-0.2, -0.15) is 0 Å². The van der Waals surface area contributed by atoms with Crippen LogP contribution >= 0.6 is 0 Å². The Morgan fingerprint density at radius 1 is 1.00 bits per heavy atom. The smallest absolute Gasteiger partial charge is 0.249 e. The Hall–Kier alpha value is -4.40. The van der Waals surface area contributed by atoms with Crippen LogP contribution in [0.2, 0.25) is 0 Å². The van der Waals surface area contributed by atoms with E-state index in [0.29, 0.717) is 34.7 Å². The zero-order valence-corrected chi connectivity index (χ0v) is 23.2. The molecule has 9 heteroatoms. The molecular formula is C31H35N5O4. The van der Waals surface area contributed by atoms with Gasteiger partial charge in [0.25, 0.3) is 0 Å². The minimum absolute atomic E-state index is 0.0595. The highest BCUT2D eigenvalue weighted by atomic mass is 16.5. The normalized spacial score (nSPS) is 14.2. The summed E-state index contributed by atoms with van der Waals surface area (Å²) in [7, 11) is 3.10. The van der Waals surface area contributed by atoms with Crippen molar-refractivity contribution in [1.82, 2.24) is 20.3 Å². The zero-order chi connectivity index (χ0) is 28.1. The summed E-state index contributed by atoms with van der Waals surface area (Å²) < 4.78 is 12.9. The number of hydrogen-bond acceptors (Lipinski definition) is 6. The summed E-state index contributed by atoms with van der Waals surface area (Å²) in [5.74, 6) is 0.334. The van der Waals surface area contributed by atoms with E-state index in [9.17, 15) is 9.59 Å². The van der Waals surface area contributed by atoms with Crippen molar-refractivity contribution in [3.8, 4) is 11.5 Å². The van der Waals surface area contributed by atoms with E-state index in [0.717, 1.165) is 36.8 Å². The zero-order valence-electron chi connectivity index (χ0n) is 23.2. The first-order chi connectivity index (χ1) is 19.5. The molecule has 0 bridgehead atoms. The molecule has 0 aliphatic heterocycles. The number of rotatable bonds is 10. The number of aromatic nitrogens is 3. The number of methoxy groups -OCH3 is 2. The average molecular weight is 542 g/mol. The Morgan fingerprint density at radius 3 is 2.50 bits per heavy atom. The average Bonchev–Trinajstić information content (AvgIpc) is 3.65. The fourth-order valence-corrected chi connectivity index (χ4v) is 5.58. The molecule has 9 nitrogen and oxygen atoms in total. The Kier molecular flexibility index (Phi) is 8.28. The second-order valence-corrected chi connectivity index (χ2v) is 9.96. The van der Waals surface area contributed by atoms with E-state index in [1.807, 2.05) is 67.6 Å². The molecule has 1 atom stereocenters. The summed E-state index contributed by atoms with van der Waals surface area (Å²) in [6.45, 7) is 1.93. The number of para-hydroxylation sites is 3. The van der Waals surface area contributed by atoms with Crippen LogP contribution in [-0.2, 0) is 22.6 Å². The second-order valence-electron chi connectivity index (χ2n) is 9.96. The first-order valence-corrected chi connectivity index (χ1v) is 13.7. The molecule has 1 heterocycles. The number of fused-ring (bicyclic) bond motifs is 1. The van der Waals surface area contributed by atoms with Crippen LogP contribution in [0.3, 0.4) is 0 Å². The Bertz CT molecular complexity index is 1490. The lowest BCUT2D eigenvalue weighted by atomic mass is 9.99. The molecular weight excluding hydrogens is 506 g/mol. The van der Waals surface area contributed by atoms with Crippen molar-refractivity contribution in [3.63, 3.8) is 0 Å². The van der Waals surface area contributed by atoms with Crippen LogP contribution in [0.4, 0.5) is 5.69 Å². The third-order valence-electron chi connectivity index (χ3n) is 7.54. The van der Waals surface area contributed by atoms with Gasteiger partial charge in [0, 0.05) is 17.3 Å². The highest BCUT2D eigenvalue weighted by Gasteiger charge is 2.37. The first kappa shape index (κ1) is 27.2. The molecule has 1 fully saturated rings. The van der Waals surface area contributed by atoms with Crippen molar-refractivity contribution in [2.24, 2.45) is 0 Å². The monoisotopic (exact) mass is 541 g/mol. The molecule has 40 heavy (non-hydrogen) atoms. The van der Waals surface area contributed by atoms with Crippen molar-refractivity contribution >= 4 is 28.5 Å². The minimum Gasteiger partial charge on any atom is -0.493 e. The molecule has 0 saturated heterocycles. The summed E-state index contributed by atoms with van der Waals surface area (Å²) >= 11 is 0. The van der Waals surface area contributed by atoms with E-state index < -0.39 is 6.04 Å². The number of ether oxygens (including phenoxy) is 2. The number of hydrogen-bond donors (Lipinski definition) is 1. The van der Waals surface area contributed by atoms with Gasteiger partial charge in [0.1, 0.15) is 18.1 Å². The van der Waals surface area contributed by atoms with Crippen LogP contribution in [0.15, 0.2) is 66.7 Å². The van der Waals surface area contributed by atoms with Gasteiger partial charge in [0.15, 0.2) is 11.5 Å². The molecule has 0 unspecified atom stereocenters. The highest BCUT2D eigenvalue weighted by molar-refractivity contribution is 6.02. The minimum atomic E-state index is -1.01. The molecule has 1 aromatic heterocycles. The number of benzene rings is 3. The van der Waals surface area contributed by atoms with Gasteiger partial charge in [-0.05, 0) is 49.1 Å². The van der Waals surface area contributed by atoms with Gasteiger partial charge in [-0.1, -0.05) is 67.4 Å². The number of carbonyl (C=O) groups excluding carboxylic acids is 2. The van der Waals surface area contributed by atoms with Gasteiger partial charge in [-0.15, -0.1) is 5.10 Å². The van der Waals surface area contributed by atoms with Crippen LogP contribution in [0.5, 0.6) is 11.5 Å². The van der Waals surface area contributed by atoms with Crippen LogP contribution in [0, 0.1) is 0 Å². The molecule has 0 radical (unpaired) electrons.